The molecule has 0 spiro atoms. The zero-order valence-electron chi connectivity index (χ0n) is 12.0. The fraction of sp³-hybridized carbons (Fsp3) is 0.533. The van der Waals surface area contributed by atoms with Crippen LogP contribution in [0.4, 0.5) is 0 Å². The van der Waals surface area contributed by atoms with Crippen LogP contribution in [0.1, 0.15) is 25.5 Å². The SMILES string of the molecule is C[C@@H]1CN(CNC(=O)[C@H](O)c2ccccc2)C[C@H](C)O1. The molecule has 1 heterocycles. The van der Waals surface area contributed by atoms with Gasteiger partial charge in [-0.3, -0.25) is 9.69 Å². The average Bonchev–Trinajstić information content (AvgIpc) is 2.44. The van der Waals surface area contributed by atoms with Gasteiger partial charge in [-0.05, 0) is 19.4 Å². The van der Waals surface area contributed by atoms with Crippen LogP contribution >= 0.6 is 0 Å². The maximum atomic E-state index is 11.9. The van der Waals surface area contributed by atoms with E-state index in [0.29, 0.717) is 12.2 Å². The van der Waals surface area contributed by atoms with Crippen LogP contribution in [0, 0.1) is 0 Å². The second-order valence-electron chi connectivity index (χ2n) is 5.31. The van der Waals surface area contributed by atoms with Crippen molar-refractivity contribution in [3.63, 3.8) is 0 Å². The van der Waals surface area contributed by atoms with Crippen molar-refractivity contribution < 1.29 is 14.6 Å². The number of benzene rings is 1. The Morgan fingerprint density at radius 2 is 1.95 bits per heavy atom. The summed E-state index contributed by atoms with van der Waals surface area (Å²) in [6, 6.07) is 8.94. The summed E-state index contributed by atoms with van der Waals surface area (Å²) < 4.78 is 5.64. The van der Waals surface area contributed by atoms with Gasteiger partial charge in [0.1, 0.15) is 0 Å². The number of morpholine rings is 1. The lowest BCUT2D eigenvalue weighted by Crippen LogP contribution is -2.50. The summed E-state index contributed by atoms with van der Waals surface area (Å²) in [5, 5.41) is 12.7. The van der Waals surface area contributed by atoms with Crippen molar-refractivity contribution in [3.8, 4) is 0 Å². The molecule has 1 aromatic carbocycles. The van der Waals surface area contributed by atoms with Crippen molar-refractivity contribution >= 4 is 5.91 Å². The number of nitrogens with zero attached hydrogens (tertiary/aromatic N) is 1. The van der Waals surface area contributed by atoms with E-state index in [-0.39, 0.29) is 18.1 Å². The van der Waals surface area contributed by atoms with E-state index in [2.05, 4.69) is 10.2 Å². The van der Waals surface area contributed by atoms with E-state index in [1.54, 1.807) is 24.3 Å². The minimum Gasteiger partial charge on any atom is -0.378 e. The highest BCUT2D eigenvalue weighted by Gasteiger charge is 2.23. The standard InChI is InChI=1S/C15H22N2O3/c1-11-8-17(9-12(2)20-11)10-16-15(19)14(18)13-6-4-3-5-7-13/h3-7,11-12,14,18H,8-10H2,1-2H3,(H,16,19)/t11-,12+,14-/m1/s1. The first-order chi connectivity index (χ1) is 9.56. The Hall–Kier alpha value is -1.43. The van der Waals surface area contributed by atoms with E-state index in [0.717, 1.165) is 13.1 Å². The molecule has 1 aliphatic heterocycles. The van der Waals surface area contributed by atoms with E-state index in [1.807, 2.05) is 19.9 Å². The lowest BCUT2D eigenvalue weighted by molar-refractivity contribution is -0.131. The summed E-state index contributed by atoms with van der Waals surface area (Å²) in [7, 11) is 0. The normalized spacial score (nSPS) is 25.1. The molecule has 1 fully saturated rings. The third kappa shape index (κ3) is 4.03. The van der Waals surface area contributed by atoms with Gasteiger partial charge in [0.25, 0.3) is 5.91 Å². The van der Waals surface area contributed by atoms with Gasteiger partial charge in [0, 0.05) is 13.1 Å². The Bertz CT molecular complexity index is 428. The zero-order valence-corrected chi connectivity index (χ0v) is 12.0. The predicted octanol–water partition coefficient (Wildman–Crippen LogP) is 0.903. The Balaban J connectivity index is 1.83. The lowest BCUT2D eigenvalue weighted by atomic mass is 10.1. The van der Waals surface area contributed by atoms with Crippen LogP contribution in [0.25, 0.3) is 0 Å². The third-order valence-corrected chi connectivity index (χ3v) is 3.34. The first-order valence-corrected chi connectivity index (χ1v) is 6.95. The molecule has 1 saturated heterocycles. The number of hydrogen-bond acceptors (Lipinski definition) is 4. The summed E-state index contributed by atoms with van der Waals surface area (Å²) >= 11 is 0. The quantitative estimate of drug-likeness (QED) is 0.859. The number of rotatable bonds is 4. The highest BCUT2D eigenvalue weighted by molar-refractivity contribution is 5.81. The maximum absolute atomic E-state index is 11.9. The summed E-state index contributed by atoms with van der Waals surface area (Å²) in [6.45, 7) is 6.03. The van der Waals surface area contributed by atoms with Crippen molar-refractivity contribution in [2.75, 3.05) is 19.8 Å². The second kappa shape index (κ2) is 6.83. The van der Waals surface area contributed by atoms with Gasteiger partial charge in [0.2, 0.25) is 0 Å². The van der Waals surface area contributed by atoms with Gasteiger partial charge in [-0.15, -0.1) is 0 Å². The molecule has 0 bridgehead atoms. The van der Waals surface area contributed by atoms with Gasteiger partial charge in [-0.2, -0.15) is 0 Å². The van der Waals surface area contributed by atoms with Crippen LogP contribution < -0.4 is 5.32 Å². The Labute approximate surface area is 119 Å². The van der Waals surface area contributed by atoms with Crippen LogP contribution in [0.5, 0.6) is 0 Å². The molecule has 110 valence electrons. The molecule has 2 N–H and O–H groups in total. The van der Waals surface area contributed by atoms with Crippen molar-refractivity contribution in [1.29, 1.82) is 0 Å². The number of hydrogen-bond donors (Lipinski definition) is 2. The van der Waals surface area contributed by atoms with E-state index in [9.17, 15) is 9.90 Å². The summed E-state index contributed by atoms with van der Waals surface area (Å²) in [5.41, 5.74) is 0.605. The second-order valence-corrected chi connectivity index (χ2v) is 5.31. The molecule has 1 aromatic rings. The molecule has 0 aromatic heterocycles. The van der Waals surface area contributed by atoms with Crippen molar-refractivity contribution in [2.24, 2.45) is 0 Å². The molecule has 5 heteroatoms. The van der Waals surface area contributed by atoms with E-state index < -0.39 is 6.10 Å². The van der Waals surface area contributed by atoms with Crippen LogP contribution in [-0.4, -0.2) is 47.9 Å². The largest absolute Gasteiger partial charge is 0.378 e. The van der Waals surface area contributed by atoms with Gasteiger partial charge in [0.05, 0.1) is 18.9 Å². The van der Waals surface area contributed by atoms with Crippen LogP contribution in [0.3, 0.4) is 0 Å². The zero-order chi connectivity index (χ0) is 14.5. The van der Waals surface area contributed by atoms with Gasteiger partial charge >= 0.3 is 0 Å². The minimum absolute atomic E-state index is 0.162. The Morgan fingerprint density at radius 3 is 2.55 bits per heavy atom. The van der Waals surface area contributed by atoms with Gasteiger partial charge in [0.15, 0.2) is 6.10 Å². The van der Waals surface area contributed by atoms with E-state index in [1.165, 1.54) is 0 Å². The Morgan fingerprint density at radius 1 is 1.35 bits per heavy atom. The molecule has 1 amide bonds. The summed E-state index contributed by atoms with van der Waals surface area (Å²) in [6.07, 6.45) is -0.795. The molecule has 0 radical (unpaired) electrons. The molecule has 0 unspecified atom stereocenters. The molecule has 0 aliphatic carbocycles. The molecule has 5 nitrogen and oxygen atoms in total. The molecule has 0 saturated carbocycles. The maximum Gasteiger partial charge on any atom is 0.254 e. The number of carbonyl (C=O) groups excluding carboxylic acids is 1. The van der Waals surface area contributed by atoms with E-state index >= 15 is 0 Å². The number of aliphatic hydroxyl groups excluding tert-OH is 1. The van der Waals surface area contributed by atoms with Crippen molar-refractivity contribution in [2.45, 2.75) is 32.2 Å². The molecule has 3 atom stereocenters. The van der Waals surface area contributed by atoms with Gasteiger partial charge < -0.3 is 15.2 Å². The molecule has 20 heavy (non-hydrogen) atoms. The molecule has 2 rings (SSSR count). The van der Waals surface area contributed by atoms with Crippen molar-refractivity contribution in [1.82, 2.24) is 10.2 Å². The minimum atomic E-state index is -1.12. The topological polar surface area (TPSA) is 61.8 Å². The highest BCUT2D eigenvalue weighted by Crippen LogP contribution is 2.13. The fourth-order valence-corrected chi connectivity index (χ4v) is 2.49. The average molecular weight is 278 g/mol. The van der Waals surface area contributed by atoms with Crippen LogP contribution in [0.2, 0.25) is 0 Å². The summed E-state index contributed by atoms with van der Waals surface area (Å²) in [5.74, 6) is -0.372. The predicted molar refractivity (Wildman–Crippen MR) is 76.0 cm³/mol. The number of aliphatic hydroxyl groups is 1. The lowest BCUT2D eigenvalue weighted by Gasteiger charge is -2.35. The first kappa shape index (κ1) is 15.0. The smallest absolute Gasteiger partial charge is 0.254 e. The number of nitrogens with one attached hydrogen (secondary N) is 1. The molecule has 1 aliphatic rings. The molecular weight excluding hydrogens is 256 g/mol. The number of carbonyl (C=O) groups is 1. The Kier molecular flexibility index (Phi) is 5.11. The highest BCUT2D eigenvalue weighted by atomic mass is 16.5. The van der Waals surface area contributed by atoms with Gasteiger partial charge in [-0.25, -0.2) is 0 Å². The van der Waals surface area contributed by atoms with Crippen LogP contribution in [-0.2, 0) is 9.53 Å². The van der Waals surface area contributed by atoms with Gasteiger partial charge in [-0.1, -0.05) is 30.3 Å². The van der Waals surface area contributed by atoms with Crippen LogP contribution in [0.15, 0.2) is 30.3 Å². The first-order valence-electron chi connectivity index (χ1n) is 6.95. The third-order valence-electron chi connectivity index (χ3n) is 3.34. The number of amides is 1. The fourth-order valence-electron chi connectivity index (χ4n) is 2.49. The van der Waals surface area contributed by atoms with Crippen molar-refractivity contribution in [3.05, 3.63) is 35.9 Å². The summed E-state index contributed by atoms with van der Waals surface area (Å²) in [4.78, 5) is 14.0. The monoisotopic (exact) mass is 278 g/mol. The van der Waals surface area contributed by atoms with E-state index in [4.69, 9.17) is 4.74 Å². The molecular formula is C15H22N2O3. The number of ether oxygens (including phenoxy) is 1.